The molecule has 3 rings (SSSR count). The lowest BCUT2D eigenvalue weighted by molar-refractivity contribution is 0.0408. The van der Waals surface area contributed by atoms with Crippen LogP contribution in [0.25, 0.3) is 0 Å². The van der Waals surface area contributed by atoms with Crippen LogP contribution in [0.5, 0.6) is 0 Å². The second-order valence-corrected chi connectivity index (χ2v) is 14.0. The fraction of sp³-hybridized carbons (Fsp3) is 0.581. The van der Waals surface area contributed by atoms with Crippen molar-refractivity contribution in [2.24, 2.45) is 0 Å². The Hall–Kier alpha value is -1.78. The largest absolute Gasteiger partial charge is 0.444 e. The van der Waals surface area contributed by atoms with Crippen molar-refractivity contribution in [1.29, 1.82) is 0 Å². The number of alkyl carbamates (subject to hydrolysis) is 1. The highest BCUT2D eigenvalue weighted by atomic mass is 127. The molecule has 8 heteroatoms. The average molecular weight is 657 g/mol. The van der Waals surface area contributed by atoms with E-state index >= 15 is 0 Å². The predicted molar refractivity (Wildman–Crippen MR) is 160 cm³/mol. The number of carbonyl (C=O) groups excluding carboxylic acids is 1. The molecule has 5 nitrogen and oxygen atoms in total. The number of hydrogen-bond donors (Lipinski definition) is 3. The van der Waals surface area contributed by atoms with E-state index in [9.17, 15) is 18.7 Å². The number of ether oxygens (including phenoxy) is 1. The van der Waals surface area contributed by atoms with Crippen LogP contribution in [0.2, 0.25) is 0 Å². The molecular weight excluding hydrogens is 613 g/mol. The molecule has 216 valence electrons. The third-order valence-electron chi connectivity index (χ3n) is 7.22. The van der Waals surface area contributed by atoms with E-state index in [1.807, 2.05) is 0 Å². The van der Waals surface area contributed by atoms with Gasteiger partial charge in [-0.15, -0.1) is 0 Å². The highest BCUT2D eigenvalue weighted by molar-refractivity contribution is 14.1. The van der Waals surface area contributed by atoms with Gasteiger partial charge in [0.2, 0.25) is 0 Å². The summed E-state index contributed by atoms with van der Waals surface area (Å²) >= 11 is 2.37. The number of benzene rings is 2. The minimum Gasteiger partial charge on any atom is -0.444 e. The molecule has 1 saturated carbocycles. The summed E-state index contributed by atoms with van der Waals surface area (Å²) in [5.41, 5.74) is 1.75. The lowest BCUT2D eigenvalue weighted by atomic mass is 9.74. The predicted octanol–water partition coefficient (Wildman–Crippen LogP) is 7.11. The molecule has 2 aromatic rings. The van der Waals surface area contributed by atoms with Crippen LogP contribution in [0.4, 0.5) is 13.6 Å². The first-order chi connectivity index (χ1) is 18.1. The Kier molecular flexibility index (Phi) is 10.4. The van der Waals surface area contributed by atoms with E-state index in [-0.39, 0.29) is 23.9 Å². The second-order valence-electron chi connectivity index (χ2n) is 12.8. The number of aliphatic hydroxyl groups is 1. The summed E-state index contributed by atoms with van der Waals surface area (Å²) in [5, 5.41) is 17.8. The van der Waals surface area contributed by atoms with Gasteiger partial charge in [-0.25, -0.2) is 13.6 Å². The van der Waals surface area contributed by atoms with Crippen LogP contribution in [-0.4, -0.2) is 35.5 Å². The van der Waals surface area contributed by atoms with Crippen LogP contribution in [0, 0.1) is 15.2 Å². The highest BCUT2D eigenvalue weighted by Crippen LogP contribution is 2.39. The van der Waals surface area contributed by atoms with Crippen LogP contribution >= 0.6 is 22.6 Å². The van der Waals surface area contributed by atoms with E-state index in [4.69, 9.17) is 4.74 Å². The maximum absolute atomic E-state index is 13.9. The van der Waals surface area contributed by atoms with Gasteiger partial charge in [0.1, 0.15) is 17.2 Å². The van der Waals surface area contributed by atoms with Crippen LogP contribution < -0.4 is 10.6 Å². The van der Waals surface area contributed by atoms with Crippen molar-refractivity contribution in [3.8, 4) is 0 Å². The van der Waals surface area contributed by atoms with Gasteiger partial charge < -0.3 is 20.5 Å². The fourth-order valence-corrected chi connectivity index (χ4v) is 5.86. The minimum atomic E-state index is -1.03. The van der Waals surface area contributed by atoms with Crippen molar-refractivity contribution >= 4 is 28.7 Å². The summed E-state index contributed by atoms with van der Waals surface area (Å²) in [5.74, 6) is -1.41. The number of aliphatic hydroxyl groups excluding tert-OH is 1. The molecule has 1 aliphatic carbocycles. The SMILES string of the molecule is CC(C)(C)OC(=O)N[C@@H](Cc1cc(F)cc(F)c1)[C@H](O)CNC1(c2cc(I)cc(C(C)(C)C)c2)CCCCC1. The van der Waals surface area contributed by atoms with Gasteiger partial charge in [0, 0.05) is 21.7 Å². The molecule has 0 bridgehead atoms. The van der Waals surface area contributed by atoms with Crippen molar-refractivity contribution in [2.45, 2.75) is 109 Å². The first-order valence-corrected chi connectivity index (χ1v) is 14.8. The third kappa shape index (κ3) is 9.39. The Morgan fingerprint density at radius 1 is 1.00 bits per heavy atom. The molecule has 0 unspecified atom stereocenters. The summed E-state index contributed by atoms with van der Waals surface area (Å²) in [4.78, 5) is 12.6. The summed E-state index contributed by atoms with van der Waals surface area (Å²) in [6.45, 7) is 12.1. The van der Waals surface area contributed by atoms with Crippen molar-refractivity contribution in [3.05, 3.63) is 68.3 Å². The smallest absolute Gasteiger partial charge is 0.407 e. The fourth-order valence-electron chi connectivity index (χ4n) is 5.19. The van der Waals surface area contributed by atoms with Crippen molar-refractivity contribution in [1.82, 2.24) is 10.6 Å². The minimum absolute atomic E-state index is 0.00599. The molecule has 0 spiro atoms. The Morgan fingerprint density at radius 2 is 1.62 bits per heavy atom. The molecule has 1 fully saturated rings. The summed E-state index contributed by atoms with van der Waals surface area (Å²) in [6, 6.07) is 9.12. The Bertz CT molecular complexity index is 1120. The molecule has 2 atom stereocenters. The maximum Gasteiger partial charge on any atom is 0.407 e. The van der Waals surface area contributed by atoms with Crippen LogP contribution in [0.1, 0.15) is 90.3 Å². The molecule has 0 aliphatic heterocycles. The molecule has 1 amide bonds. The van der Waals surface area contributed by atoms with E-state index in [1.54, 1.807) is 20.8 Å². The van der Waals surface area contributed by atoms with Gasteiger partial charge in [0.05, 0.1) is 12.1 Å². The van der Waals surface area contributed by atoms with E-state index in [1.165, 1.54) is 26.8 Å². The Labute approximate surface area is 245 Å². The molecule has 0 heterocycles. The van der Waals surface area contributed by atoms with Gasteiger partial charge in [-0.3, -0.25) is 0 Å². The van der Waals surface area contributed by atoms with Gasteiger partial charge in [-0.2, -0.15) is 0 Å². The monoisotopic (exact) mass is 656 g/mol. The van der Waals surface area contributed by atoms with Gasteiger partial charge in [0.25, 0.3) is 0 Å². The summed E-state index contributed by atoms with van der Waals surface area (Å²) in [7, 11) is 0. The van der Waals surface area contributed by atoms with E-state index < -0.39 is 35.5 Å². The molecule has 0 saturated heterocycles. The lowest BCUT2D eigenvalue weighted by Crippen LogP contribution is -2.54. The number of nitrogens with one attached hydrogen (secondary N) is 2. The van der Waals surface area contributed by atoms with Crippen molar-refractivity contribution < 1.29 is 23.4 Å². The normalized spacial score (nSPS) is 17.4. The number of amides is 1. The summed E-state index contributed by atoms with van der Waals surface area (Å²) < 4.78 is 34.4. The molecule has 39 heavy (non-hydrogen) atoms. The van der Waals surface area contributed by atoms with Gasteiger partial charge in [0.15, 0.2) is 0 Å². The van der Waals surface area contributed by atoms with Gasteiger partial charge in [-0.05, 0) is 109 Å². The number of rotatable bonds is 8. The molecule has 0 radical (unpaired) electrons. The van der Waals surface area contributed by atoms with Crippen LogP contribution in [0.3, 0.4) is 0 Å². The first-order valence-electron chi connectivity index (χ1n) is 13.8. The van der Waals surface area contributed by atoms with Crippen LogP contribution in [0.15, 0.2) is 36.4 Å². The number of hydrogen-bond acceptors (Lipinski definition) is 4. The van der Waals surface area contributed by atoms with E-state index in [0.29, 0.717) is 5.56 Å². The van der Waals surface area contributed by atoms with Crippen LogP contribution in [-0.2, 0) is 22.1 Å². The Morgan fingerprint density at radius 3 is 2.18 bits per heavy atom. The standard InChI is InChI=1S/C31H43F2IN2O3/c1-29(2,3)21-15-22(17-25(34)16-21)31(10-8-7-9-11-31)35-19-27(37)26(36-28(38)39-30(4,5)6)14-20-12-23(32)18-24(33)13-20/h12-13,15-18,26-27,35,37H,7-11,14,19H2,1-6H3,(H,36,38)/t26-,27+/m0/s1. The number of halogens is 3. The van der Waals surface area contributed by atoms with Crippen molar-refractivity contribution in [2.75, 3.05) is 6.54 Å². The topological polar surface area (TPSA) is 70.6 Å². The van der Waals surface area contributed by atoms with E-state index in [2.05, 4.69) is 72.2 Å². The van der Waals surface area contributed by atoms with E-state index in [0.717, 1.165) is 38.2 Å². The zero-order chi connectivity index (χ0) is 29.0. The Balaban J connectivity index is 1.87. The zero-order valence-electron chi connectivity index (χ0n) is 24.0. The highest BCUT2D eigenvalue weighted by Gasteiger charge is 2.36. The summed E-state index contributed by atoms with van der Waals surface area (Å²) in [6.07, 6.45) is 3.49. The van der Waals surface area contributed by atoms with Gasteiger partial charge in [-0.1, -0.05) is 46.1 Å². The average Bonchev–Trinajstić information content (AvgIpc) is 2.80. The quantitative estimate of drug-likeness (QED) is 0.265. The van der Waals surface area contributed by atoms with Crippen molar-refractivity contribution in [3.63, 3.8) is 0 Å². The lowest BCUT2D eigenvalue weighted by Gasteiger charge is -2.41. The zero-order valence-corrected chi connectivity index (χ0v) is 26.1. The first kappa shape index (κ1) is 31.7. The number of carbonyl (C=O) groups is 1. The second kappa shape index (κ2) is 12.8. The third-order valence-corrected chi connectivity index (χ3v) is 7.84. The molecule has 0 aromatic heterocycles. The van der Waals surface area contributed by atoms with Gasteiger partial charge >= 0.3 is 6.09 Å². The molecular formula is C31H43F2IN2O3. The molecule has 3 N–H and O–H groups in total. The molecule has 2 aromatic carbocycles. The molecule has 1 aliphatic rings. The maximum atomic E-state index is 13.9.